The highest BCUT2D eigenvalue weighted by molar-refractivity contribution is 9.10. The van der Waals surface area contributed by atoms with Gasteiger partial charge in [0.1, 0.15) is 0 Å². The maximum Gasteiger partial charge on any atom is 0.255 e. The number of benzene rings is 2. The molecule has 0 heterocycles. The minimum atomic E-state index is -3.72. The van der Waals surface area contributed by atoms with Gasteiger partial charge in [0.15, 0.2) is 0 Å². The Kier molecular flexibility index (Phi) is 6.11. The number of carbonyl (C=O) groups is 1. The van der Waals surface area contributed by atoms with Crippen molar-refractivity contribution in [3.05, 3.63) is 58.6 Å². The lowest BCUT2D eigenvalue weighted by Gasteiger charge is -2.12. The Labute approximate surface area is 149 Å². The molecule has 0 aliphatic rings. The molecule has 0 saturated heterocycles. The molecule has 2 aromatic carbocycles. The third kappa shape index (κ3) is 4.88. The van der Waals surface area contributed by atoms with Gasteiger partial charge in [-0.3, -0.25) is 4.79 Å². The lowest BCUT2D eigenvalue weighted by atomic mass is 10.2. The molecule has 2 rings (SSSR count). The zero-order valence-corrected chi connectivity index (χ0v) is 15.3. The first kappa shape index (κ1) is 18.6. The van der Waals surface area contributed by atoms with Crippen LogP contribution in [0.2, 0.25) is 0 Å². The maximum absolute atomic E-state index is 12.2. The van der Waals surface area contributed by atoms with E-state index in [0.717, 1.165) is 4.47 Å². The number of anilines is 1. The zero-order chi connectivity index (χ0) is 17.7. The SMILES string of the molecule is CC(CO)NS(=O)(=O)c1ccc(C(=O)Nc2ccc(Br)cc2)cc1. The van der Waals surface area contributed by atoms with E-state index in [1.807, 2.05) is 0 Å². The molecule has 0 fully saturated rings. The van der Waals surface area contributed by atoms with Crippen LogP contribution in [0.25, 0.3) is 0 Å². The third-order valence-electron chi connectivity index (χ3n) is 3.16. The molecular weight excluding hydrogens is 396 g/mol. The smallest absolute Gasteiger partial charge is 0.255 e. The Balaban J connectivity index is 2.11. The fourth-order valence-corrected chi connectivity index (χ4v) is 3.39. The molecule has 24 heavy (non-hydrogen) atoms. The van der Waals surface area contributed by atoms with E-state index in [2.05, 4.69) is 26.0 Å². The minimum Gasteiger partial charge on any atom is -0.395 e. The number of aliphatic hydroxyl groups excluding tert-OH is 1. The second-order valence-corrected chi connectivity index (χ2v) is 7.82. The Morgan fingerprint density at radius 1 is 1.12 bits per heavy atom. The number of carbonyl (C=O) groups excluding carboxylic acids is 1. The average molecular weight is 413 g/mol. The van der Waals surface area contributed by atoms with Crippen LogP contribution in [0, 0.1) is 0 Å². The van der Waals surface area contributed by atoms with Crippen molar-refractivity contribution in [2.24, 2.45) is 0 Å². The van der Waals surface area contributed by atoms with E-state index in [-0.39, 0.29) is 17.4 Å². The zero-order valence-electron chi connectivity index (χ0n) is 12.9. The van der Waals surface area contributed by atoms with Gasteiger partial charge >= 0.3 is 0 Å². The summed E-state index contributed by atoms with van der Waals surface area (Å²) in [6.07, 6.45) is 0. The largest absolute Gasteiger partial charge is 0.395 e. The summed E-state index contributed by atoms with van der Waals surface area (Å²) in [7, 11) is -3.72. The molecule has 6 nitrogen and oxygen atoms in total. The van der Waals surface area contributed by atoms with E-state index in [4.69, 9.17) is 5.11 Å². The fraction of sp³-hybridized carbons (Fsp3) is 0.188. The molecule has 0 aromatic heterocycles. The summed E-state index contributed by atoms with van der Waals surface area (Å²) in [4.78, 5) is 12.2. The van der Waals surface area contributed by atoms with Crippen LogP contribution in [0.15, 0.2) is 57.9 Å². The molecule has 128 valence electrons. The highest BCUT2D eigenvalue weighted by Crippen LogP contribution is 2.16. The van der Waals surface area contributed by atoms with Crippen LogP contribution in [0.5, 0.6) is 0 Å². The number of halogens is 1. The fourth-order valence-electron chi connectivity index (χ4n) is 1.89. The normalized spacial score (nSPS) is 12.6. The van der Waals surface area contributed by atoms with Gasteiger partial charge in [-0.05, 0) is 55.5 Å². The number of amides is 1. The van der Waals surface area contributed by atoms with Crippen LogP contribution in [-0.4, -0.2) is 32.1 Å². The molecule has 3 N–H and O–H groups in total. The van der Waals surface area contributed by atoms with E-state index < -0.39 is 16.1 Å². The van der Waals surface area contributed by atoms with E-state index >= 15 is 0 Å². The lowest BCUT2D eigenvalue weighted by molar-refractivity contribution is 0.102. The van der Waals surface area contributed by atoms with E-state index in [9.17, 15) is 13.2 Å². The van der Waals surface area contributed by atoms with Crippen LogP contribution in [0.1, 0.15) is 17.3 Å². The first-order valence-corrected chi connectivity index (χ1v) is 9.39. The topological polar surface area (TPSA) is 95.5 Å². The molecule has 1 unspecified atom stereocenters. The van der Waals surface area contributed by atoms with Gasteiger partial charge in [-0.1, -0.05) is 15.9 Å². The van der Waals surface area contributed by atoms with Gasteiger partial charge in [0.25, 0.3) is 5.91 Å². The van der Waals surface area contributed by atoms with Gasteiger partial charge in [-0.15, -0.1) is 0 Å². The van der Waals surface area contributed by atoms with Gasteiger partial charge in [0.05, 0.1) is 11.5 Å². The van der Waals surface area contributed by atoms with Crippen LogP contribution < -0.4 is 10.0 Å². The molecule has 1 atom stereocenters. The number of hydrogen-bond acceptors (Lipinski definition) is 4. The van der Waals surface area contributed by atoms with Crippen molar-refractivity contribution in [1.82, 2.24) is 4.72 Å². The number of rotatable bonds is 6. The first-order valence-electron chi connectivity index (χ1n) is 7.12. The van der Waals surface area contributed by atoms with Crippen LogP contribution >= 0.6 is 15.9 Å². The van der Waals surface area contributed by atoms with Gasteiger partial charge in [-0.2, -0.15) is 0 Å². The first-order chi connectivity index (χ1) is 11.3. The molecule has 8 heteroatoms. The maximum atomic E-state index is 12.2. The molecule has 0 bridgehead atoms. The van der Waals surface area contributed by atoms with Crippen molar-refractivity contribution in [3.8, 4) is 0 Å². The van der Waals surface area contributed by atoms with Crippen LogP contribution in [-0.2, 0) is 10.0 Å². The highest BCUT2D eigenvalue weighted by Gasteiger charge is 2.17. The number of aliphatic hydroxyl groups is 1. The standard InChI is InChI=1S/C16H17BrN2O4S/c1-11(10-20)19-24(22,23)15-8-2-12(3-9-15)16(21)18-14-6-4-13(17)5-7-14/h2-9,11,19-20H,10H2,1H3,(H,18,21). The van der Waals surface area contributed by atoms with Gasteiger partial charge in [-0.25, -0.2) is 13.1 Å². The monoisotopic (exact) mass is 412 g/mol. The van der Waals surface area contributed by atoms with Crippen LogP contribution in [0.3, 0.4) is 0 Å². The van der Waals surface area contributed by atoms with Crippen molar-refractivity contribution in [1.29, 1.82) is 0 Å². The summed E-state index contributed by atoms with van der Waals surface area (Å²) in [6, 6.07) is 12.1. The summed E-state index contributed by atoms with van der Waals surface area (Å²) in [5.74, 6) is -0.335. The molecule has 1 amide bonds. The predicted octanol–water partition coefficient (Wildman–Crippen LogP) is 2.36. The van der Waals surface area contributed by atoms with E-state index in [1.165, 1.54) is 24.3 Å². The molecule has 0 saturated carbocycles. The molecule has 0 radical (unpaired) electrons. The number of hydrogen-bond donors (Lipinski definition) is 3. The highest BCUT2D eigenvalue weighted by atomic mass is 79.9. The minimum absolute atomic E-state index is 0.0305. The van der Waals surface area contributed by atoms with E-state index in [0.29, 0.717) is 11.3 Å². The van der Waals surface area contributed by atoms with Gasteiger partial charge in [0.2, 0.25) is 10.0 Å². The Morgan fingerprint density at radius 2 is 1.71 bits per heavy atom. The van der Waals surface area contributed by atoms with Gasteiger partial charge < -0.3 is 10.4 Å². The molecule has 0 aliphatic heterocycles. The second kappa shape index (κ2) is 7.89. The van der Waals surface area contributed by atoms with Crippen molar-refractivity contribution in [2.45, 2.75) is 17.9 Å². The summed E-state index contributed by atoms with van der Waals surface area (Å²) >= 11 is 3.31. The summed E-state index contributed by atoms with van der Waals surface area (Å²) in [5, 5.41) is 11.7. The second-order valence-electron chi connectivity index (χ2n) is 5.19. The number of sulfonamides is 1. The molecule has 0 aliphatic carbocycles. The van der Waals surface area contributed by atoms with E-state index in [1.54, 1.807) is 31.2 Å². The van der Waals surface area contributed by atoms with Crippen molar-refractivity contribution >= 4 is 37.5 Å². The number of nitrogens with one attached hydrogen (secondary N) is 2. The predicted molar refractivity (Wildman–Crippen MR) is 95.4 cm³/mol. The van der Waals surface area contributed by atoms with Crippen LogP contribution in [0.4, 0.5) is 5.69 Å². The summed E-state index contributed by atoms with van der Waals surface area (Å²) < 4.78 is 27.4. The lowest BCUT2D eigenvalue weighted by Crippen LogP contribution is -2.35. The van der Waals surface area contributed by atoms with Crippen molar-refractivity contribution in [2.75, 3.05) is 11.9 Å². The molecular formula is C16H17BrN2O4S. The Morgan fingerprint density at radius 3 is 2.25 bits per heavy atom. The molecule has 2 aromatic rings. The molecule has 0 spiro atoms. The summed E-state index contributed by atoms with van der Waals surface area (Å²) in [6.45, 7) is 1.25. The quantitative estimate of drug-likeness (QED) is 0.678. The summed E-state index contributed by atoms with van der Waals surface area (Å²) in [5.41, 5.74) is 0.977. The van der Waals surface area contributed by atoms with Crippen molar-refractivity contribution < 1.29 is 18.3 Å². The third-order valence-corrected chi connectivity index (χ3v) is 5.29. The average Bonchev–Trinajstić information content (AvgIpc) is 2.56. The Bertz CT molecular complexity index is 805. The van der Waals surface area contributed by atoms with Gasteiger partial charge in [0, 0.05) is 21.8 Å². The Hall–Kier alpha value is -1.74. The van der Waals surface area contributed by atoms with Crippen molar-refractivity contribution in [3.63, 3.8) is 0 Å².